The quantitative estimate of drug-likeness (QED) is 0.688. The highest BCUT2D eigenvalue weighted by molar-refractivity contribution is 5.96. The molecular weight excluding hydrogens is 268 g/mol. The molecule has 0 fully saturated rings. The van der Waals surface area contributed by atoms with Gasteiger partial charge in [0, 0.05) is 11.3 Å². The number of carbonyl (C=O) groups is 1. The van der Waals surface area contributed by atoms with E-state index >= 15 is 0 Å². The molecule has 0 heterocycles. The van der Waals surface area contributed by atoms with Crippen LogP contribution in [0.15, 0.2) is 42.5 Å². The van der Waals surface area contributed by atoms with Crippen molar-refractivity contribution in [2.24, 2.45) is 0 Å². The Labute approximate surface area is 122 Å². The van der Waals surface area contributed by atoms with Crippen LogP contribution in [0, 0.1) is 11.3 Å². The van der Waals surface area contributed by atoms with Crippen LogP contribution in [-0.2, 0) is 11.3 Å². The number of anilines is 1. The molecule has 21 heavy (non-hydrogen) atoms. The van der Waals surface area contributed by atoms with Crippen molar-refractivity contribution in [3.63, 3.8) is 0 Å². The van der Waals surface area contributed by atoms with Crippen LogP contribution in [0.2, 0.25) is 0 Å². The second-order valence-corrected chi connectivity index (χ2v) is 4.27. The van der Waals surface area contributed by atoms with E-state index in [1.165, 1.54) is 7.11 Å². The van der Waals surface area contributed by atoms with Gasteiger partial charge in [0.25, 0.3) is 0 Å². The molecule has 2 N–H and O–H groups in total. The lowest BCUT2D eigenvalue weighted by molar-refractivity contribution is 0.0599. The van der Waals surface area contributed by atoms with E-state index in [-0.39, 0.29) is 12.2 Å². The number of rotatable bonds is 4. The van der Waals surface area contributed by atoms with Gasteiger partial charge in [-0.1, -0.05) is 24.3 Å². The SMILES string of the molecule is COC(=O)c1c(N)cccc1COc1ccccc1C#N. The van der Waals surface area contributed by atoms with Crippen molar-refractivity contribution >= 4 is 11.7 Å². The lowest BCUT2D eigenvalue weighted by Gasteiger charge is -2.12. The maximum absolute atomic E-state index is 11.8. The summed E-state index contributed by atoms with van der Waals surface area (Å²) in [5.41, 5.74) is 7.47. The highest BCUT2D eigenvalue weighted by Crippen LogP contribution is 2.22. The highest BCUT2D eigenvalue weighted by Gasteiger charge is 2.16. The number of nitrogens with two attached hydrogens (primary N) is 1. The van der Waals surface area contributed by atoms with Gasteiger partial charge in [0.1, 0.15) is 18.4 Å². The summed E-state index contributed by atoms with van der Waals surface area (Å²) in [6.07, 6.45) is 0. The highest BCUT2D eigenvalue weighted by atomic mass is 16.5. The predicted octanol–water partition coefficient (Wildman–Crippen LogP) is 2.51. The summed E-state index contributed by atoms with van der Waals surface area (Å²) in [5, 5.41) is 9.02. The second-order valence-electron chi connectivity index (χ2n) is 4.27. The third-order valence-corrected chi connectivity index (χ3v) is 2.96. The smallest absolute Gasteiger partial charge is 0.340 e. The largest absolute Gasteiger partial charge is 0.487 e. The van der Waals surface area contributed by atoms with E-state index in [9.17, 15) is 4.79 Å². The Bertz CT molecular complexity index is 705. The van der Waals surface area contributed by atoms with Crippen LogP contribution in [0.25, 0.3) is 0 Å². The van der Waals surface area contributed by atoms with Gasteiger partial charge in [0.15, 0.2) is 0 Å². The molecule has 0 unspecified atom stereocenters. The minimum atomic E-state index is -0.514. The third-order valence-electron chi connectivity index (χ3n) is 2.96. The Morgan fingerprint density at radius 3 is 2.71 bits per heavy atom. The first-order valence-corrected chi connectivity index (χ1v) is 6.25. The number of methoxy groups -OCH3 is 1. The van der Waals surface area contributed by atoms with Crippen LogP contribution in [0.3, 0.4) is 0 Å². The van der Waals surface area contributed by atoms with Crippen LogP contribution in [0.1, 0.15) is 21.5 Å². The lowest BCUT2D eigenvalue weighted by atomic mass is 10.1. The van der Waals surface area contributed by atoms with E-state index < -0.39 is 5.97 Å². The molecule has 0 radical (unpaired) electrons. The van der Waals surface area contributed by atoms with Gasteiger partial charge in [-0.15, -0.1) is 0 Å². The summed E-state index contributed by atoms with van der Waals surface area (Å²) in [4.78, 5) is 11.8. The van der Waals surface area contributed by atoms with Crippen LogP contribution < -0.4 is 10.5 Å². The van der Waals surface area contributed by atoms with Crippen LogP contribution in [0.4, 0.5) is 5.69 Å². The molecule has 0 atom stereocenters. The van der Waals surface area contributed by atoms with Gasteiger partial charge in [-0.2, -0.15) is 5.26 Å². The summed E-state index contributed by atoms with van der Waals surface area (Å²) in [7, 11) is 1.30. The van der Waals surface area contributed by atoms with Crippen molar-refractivity contribution < 1.29 is 14.3 Å². The number of nitriles is 1. The minimum absolute atomic E-state index is 0.119. The zero-order chi connectivity index (χ0) is 15.2. The summed E-state index contributed by atoms with van der Waals surface area (Å²) in [5.74, 6) is -0.0569. The monoisotopic (exact) mass is 282 g/mol. The molecule has 106 valence electrons. The van der Waals surface area contributed by atoms with Gasteiger partial charge in [-0.3, -0.25) is 0 Å². The Kier molecular flexibility index (Phi) is 4.42. The summed E-state index contributed by atoms with van der Waals surface area (Å²) in [6, 6.07) is 14.0. The molecule has 0 aliphatic carbocycles. The average molecular weight is 282 g/mol. The van der Waals surface area contributed by atoms with Crippen molar-refractivity contribution in [3.05, 3.63) is 59.2 Å². The number of ether oxygens (including phenoxy) is 2. The van der Waals surface area contributed by atoms with E-state index in [2.05, 4.69) is 6.07 Å². The standard InChI is InChI=1S/C16H14N2O3/c1-20-16(19)15-12(6-4-7-13(15)18)10-21-14-8-3-2-5-11(14)9-17/h2-8H,10,18H2,1H3. The Balaban J connectivity index is 2.27. The molecule has 0 aromatic heterocycles. The predicted molar refractivity (Wildman–Crippen MR) is 77.7 cm³/mol. The molecule has 0 amide bonds. The van der Waals surface area contributed by atoms with E-state index in [0.717, 1.165) is 0 Å². The number of carbonyl (C=O) groups excluding carboxylic acids is 1. The average Bonchev–Trinajstić information content (AvgIpc) is 2.52. The molecule has 0 spiro atoms. The Morgan fingerprint density at radius 2 is 2.00 bits per heavy atom. The number of esters is 1. The van der Waals surface area contributed by atoms with Gasteiger partial charge in [0.2, 0.25) is 0 Å². The normalized spacial score (nSPS) is 9.71. The number of nitrogens with zero attached hydrogens (tertiary/aromatic N) is 1. The fourth-order valence-corrected chi connectivity index (χ4v) is 1.93. The van der Waals surface area contributed by atoms with Crippen molar-refractivity contribution in [2.75, 3.05) is 12.8 Å². The zero-order valence-corrected chi connectivity index (χ0v) is 11.5. The van der Waals surface area contributed by atoms with Crippen LogP contribution >= 0.6 is 0 Å². The molecule has 2 aromatic carbocycles. The van der Waals surface area contributed by atoms with Gasteiger partial charge in [-0.25, -0.2) is 4.79 Å². The van der Waals surface area contributed by atoms with Crippen molar-refractivity contribution in [3.8, 4) is 11.8 Å². The zero-order valence-electron chi connectivity index (χ0n) is 11.5. The first kappa shape index (κ1) is 14.4. The second kappa shape index (κ2) is 6.44. The molecular formula is C16H14N2O3. The molecule has 5 nitrogen and oxygen atoms in total. The topological polar surface area (TPSA) is 85.3 Å². The molecule has 2 aromatic rings. The lowest BCUT2D eigenvalue weighted by Crippen LogP contribution is -2.11. The number of nitrogen functional groups attached to an aromatic ring is 1. The van der Waals surface area contributed by atoms with E-state index in [4.69, 9.17) is 20.5 Å². The maximum Gasteiger partial charge on any atom is 0.340 e. The van der Waals surface area contributed by atoms with Crippen LogP contribution in [-0.4, -0.2) is 13.1 Å². The Hall–Kier alpha value is -3.00. The molecule has 0 aliphatic rings. The number of hydrogen-bond donors (Lipinski definition) is 1. The number of para-hydroxylation sites is 1. The van der Waals surface area contributed by atoms with Crippen molar-refractivity contribution in [1.29, 1.82) is 5.26 Å². The summed E-state index contributed by atoms with van der Waals surface area (Å²) < 4.78 is 10.3. The molecule has 0 saturated heterocycles. The molecule has 2 rings (SSSR count). The summed E-state index contributed by atoms with van der Waals surface area (Å²) >= 11 is 0. The van der Waals surface area contributed by atoms with E-state index in [1.807, 2.05) is 0 Å². The molecule has 0 bridgehead atoms. The fraction of sp³-hybridized carbons (Fsp3) is 0.125. The van der Waals surface area contributed by atoms with Gasteiger partial charge >= 0.3 is 5.97 Å². The third kappa shape index (κ3) is 3.12. The fourth-order valence-electron chi connectivity index (χ4n) is 1.93. The molecule has 5 heteroatoms. The van der Waals surface area contributed by atoms with Crippen LogP contribution in [0.5, 0.6) is 5.75 Å². The summed E-state index contributed by atoms with van der Waals surface area (Å²) in [6.45, 7) is 0.119. The maximum atomic E-state index is 11.8. The van der Waals surface area contributed by atoms with E-state index in [0.29, 0.717) is 22.6 Å². The number of hydrogen-bond acceptors (Lipinski definition) is 5. The van der Waals surface area contributed by atoms with Gasteiger partial charge < -0.3 is 15.2 Å². The van der Waals surface area contributed by atoms with Gasteiger partial charge in [0.05, 0.1) is 18.2 Å². The number of benzene rings is 2. The van der Waals surface area contributed by atoms with Gasteiger partial charge in [-0.05, 0) is 18.2 Å². The van der Waals surface area contributed by atoms with Crippen molar-refractivity contribution in [2.45, 2.75) is 6.61 Å². The Morgan fingerprint density at radius 1 is 1.24 bits per heavy atom. The van der Waals surface area contributed by atoms with E-state index in [1.54, 1.807) is 42.5 Å². The first-order chi connectivity index (χ1) is 10.2. The first-order valence-electron chi connectivity index (χ1n) is 6.25. The minimum Gasteiger partial charge on any atom is -0.487 e. The molecule has 0 aliphatic heterocycles. The molecule has 0 saturated carbocycles. The van der Waals surface area contributed by atoms with Crippen molar-refractivity contribution in [1.82, 2.24) is 0 Å².